The van der Waals surface area contributed by atoms with Crippen LogP contribution < -0.4 is 10.1 Å². The van der Waals surface area contributed by atoms with Crippen LogP contribution in [0.4, 0.5) is 14.5 Å². The van der Waals surface area contributed by atoms with Gasteiger partial charge >= 0.3 is 0 Å². The molecule has 0 aromatic heterocycles. The molecule has 2 N–H and O–H groups in total. The lowest BCUT2D eigenvalue weighted by Gasteiger charge is -2.10. The van der Waals surface area contributed by atoms with Crippen LogP contribution in [0, 0.1) is 11.6 Å². The molecule has 2 aromatic carbocycles. The molecule has 0 atom stereocenters. The Labute approximate surface area is 132 Å². The quantitative estimate of drug-likeness (QED) is 0.860. The van der Waals surface area contributed by atoms with Crippen LogP contribution in [0.1, 0.15) is 17.5 Å². The minimum atomic E-state index is -0.925. The van der Waals surface area contributed by atoms with Gasteiger partial charge in [-0.05, 0) is 36.2 Å². The largest absolute Gasteiger partial charge is 0.496 e. The van der Waals surface area contributed by atoms with Crippen molar-refractivity contribution in [2.75, 3.05) is 12.4 Å². The molecule has 0 unspecified atom stereocenters. The summed E-state index contributed by atoms with van der Waals surface area (Å²) in [5.74, 6) is -1.66. The number of carbonyl (C=O) groups excluding carboxylic acids is 1. The number of amides is 1. The number of aliphatic hydroxyl groups is 1. The average molecular weight is 321 g/mol. The van der Waals surface area contributed by atoms with Gasteiger partial charge in [-0.3, -0.25) is 4.79 Å². The highest BCUT2D eigenvalue weighted by Gasteiger charge is 2.11. The Morgan fingerprint density at radius 1 is 1.22 bits per heavy atom. The van der Waals surface area contributed by atoms with Crippen molar-refractivity contribution in [3.05, 3.63) is 59.2 Å². The number of rotatable bonds is 6. The smallest absolute Gasteiger partial charge is 0.224 e. The van der Waals surface area contributed by atoms with Crippen molar-refractivity contribution >= 4 is 11.6 Å². The van der Waals surface area contributed by atoms with Crippen LogP contribution in [-0.4, -0.2) is 18.1 Å². The zero-order valence-corrected chi connectivity index (χ0v) is 12.6. The number of anilines is 1. The van der Waals surface area contributed by atoms with Crippen molar-refractivity contribution in [3.8, 4) is 5.75 Å². The zero-order valence-electron chi connectivity index (χ0n) is 12.6. The summed E-state index contributed by atoms with van der Waals surface area (Å²) >= 11 is 0. The maximum absolute atomic E-state index is 13.5. The fourth-order valence-electron chi connectivity index (χ4n) is 2.19. The van der Waals surface area contributed by atoms with E-state index in [0.717, 1.165) is 6.07 Å². The second-order valence-corrected chi connectivity index (χ2v) is 4.95. The SMILES string of the molecule is COc1ccc(NC(=O)CCc2cccc(F)c2F)cc1CO. The fraction of sp³-hybridized carbons (Fsp3) is 0.235. The fourth-order valence-corrected chi connectivity index (χ4v) is 2.19. The van der Waals surface area contributed by atoms with E-state index in [4.69, 9.17) is 4.74 Å². The van der Waals surface area contributed by atoms with Gasteiger partial charge in [-0.15, -0.1) is 0 Å². The molecule has 0 aliphatic carbocycles. The van der Waals surface area contributed by atoms with Crippen LogP contribution in [0.5, 0.6) is 5.75 Å². The van der Waals surface area contributed by atoms with Crippen LogP contribution in [0.15, 0.2) is 36.4 Å². The van der Waals surface area contributed by atoms with Crippen LogP contribution in [0.3, 0.4) is 0 Å². The Hall–Kier alpha value is -2.47. The summed E-state index contributed by atoms with van der Waals surface area (Å²) in [6, 6.07) is 8.75. The zero-order chi connectivity index (χ0) is 16.8. The van der Waals surface area contributed by atoms with Crippen LogP contribution in [0.2, 0.25) is 0 Å². The summed E-state index contributed by atoms with van der Waals surface area (Å²) in [7, 11) is 1.49. The van der Waals surface area contributed by atoms with Crippen LogP contribution in [-0.2, 0) is 17.8 Å². The summed E-state index contributed by atoms with van der Waals surface area (Å²) < 4.78 is 31.7. The number of benzene rings is 2. The Bertz CT molecular complexity index is 704. The maximum atomic E-state index is 13.5. The number of aliphatic hydroxyl groups excluding tert-OH is 1. The predicted molar refractivity (Wildman–Crippen MR) is 82.2 cm³/mol. The molecule has 0 spiro atoms. The minimum Gasteiger partial charge on any atom is -0.496 e. The third-order valence-electron chi connectivity index (χ3n) is 3.39. The molecular weight excluding hydrogens is 304 g/mol. The average Bonchev–Trinajstić information content (AvgIpc) is 2.56. The molecule has 0 aliphatic rings. The van der Waals surface area contributed by atoms with E-state index in [1.165, 1.54) is 19.2 Å². The second kappa shape index (κ2) is 7.69. The van der Waals surface area contributed by atoms with Gasteiger partial charge in [0.05, 0.1) is 13.7 Å². The van der Waals surface area contributed by atoms with E-state index in [2.05, 4.69) is 5.32 Å². The van der Waals surface area contributed by atoms with Crippen molar-refractivity contribution in [1.82, 2.24) is 0 Å². The van der Waals surface area contributed by atoms with E-state index in [-0.39, 0.29) is 30.9 Å². The molecule has 0 heterocycles. The Balaban J connectivity index is 1.98. The normalized spacial score (nSPS) is 10.4. The van der Waals surface area contributed by atoms with Gasteiger partial charge in [0.15, 0.2) is 11.6 Å². The van der Waals surface area contributed by atoms with Gasteiger partial charge in [0.2, 0.25) is 5.91 Å². The molecule has 4 nitrogen and oxygen atoms in total. The van der Waals surface area contributed by atoms with E-state index in [1.807, 2.05) is 0 Å². The standard InChI is InChI=1S/C17H17F2NO3/c1-23-15-7-6-13(9-12(15)10-21)20-16(22)8-5-11-3-2-4-14(18)17(11)19/h2-4,6-7,9,21H,5,8,10H2,1H3,(H,20,22). The number of nitrogens with one attached hydrogen (secondary N) is 1. The van der Waals surface area contributed by atoms with Crippen molar-refractivity contribution in [1.29, 1.82) is 0 Å². The molecule has 1 amide bonds. The second-order valence-electron chi connectivity index (χ2n) is 4.95. The lowest BCUT2D eigenvalue weighted by atomic mass is 10.1. The third kappa shape index (κ3) is 4.26. The van der Waals surface area contributed by atoms with Gasteiger partial charge in [-0.25, -0.2) is 8.78 Å². The first-order valence-corrected chi connectivity index (χ1v) is 7.05. The third-order valence-corrected chi connectivity index (χ3v) is 3.39. The Kier molecular flexibility index (Phi) is 5.65. The van der Waals surface area contributed by atoms with E-state index >= 15 is 0 Å². The summed E-state index contributed by atoms with van der Waals surface area (Å²) in [4.78, 5) is 11.9. The van der Waals surface area contributed by atoms with Crippen molar-refractivity contribution in [2.45, 2.75) is 19.4 Å². The Morgan fingerprint density at radius 2 is 2.00 bits per heavy atom. The molecule has 2 aromatic rings. The highest BCUT2D eigenvalue weighted by Crippen LogP contribution is 2.23. The predicted octanol–water partition coefficient (Wildman–Crippen LogP) is 3.04. The highest BCUT2D eigenvalue weighted by atomic mass is 19.2. The van der Waals surface area contributed by atoms with Gasteiger partial charge in [-0.1, -0.05) is 12.1 Å². The van der Waals surface area contributed by atoms with Crippen molar-refractivity contribution in [2.24, 2.45) is 0 Å². The number of methoxy groups -OCH3 is 1. The minimum absolute atomic E-state index is 0.0147. The van der Waals surface area contributed by atoms with Crippen molar-refractivity contribution in [3.63, 3.8) is 0 Å². The lowest BCUT2D eigenvalue weighted by Crippen LogP contribution is -2.13. The molecule has 23 heavy (non-hydrogen) atoms. The lowest BCUT2D eigenvalue weighted by molar-refractivity contribution is -0.116. The van der Waals surface area contributed by atoms with Gasteiger partial charge in [-0.2, -0.15) is 0 Å². The van der Waals surface area contributed by atoms with Crippen LogP contribution >= 0.6 is 0 Å². The summed E-state index contributed by atoms with van der Waals surface area (Å²) in [6.45, 7) is -0.221. The Morgan fingerprint density at radius 3 is 2.70 bits per heavy atom. The number of halogens is 2. The van der Waals surface area contributed by atoms with Crippen molar-refractivity contribution < 1.29 is 23.4 Å². The highest BCUT2D eigenvalue weighted by molar-refractivity contribution is 5.91. The van der Waals surface area contributed by atoms with E-state index < -0.39 is 11.6 Å². The molecule has 2 rings (SSSR count). The molecule has 0 radical (unpaired) electrons. The summed E-state index contributed by atoms with van der Waals surface area (Å²) in [5, 5.41) is 11.9. The maximum Gasteiger partial charge on any atom is 0.224 e. The number of aryl methyl sites for hydroxylation is 1. The summed E-state index contributed by atoms with van der Waals surface area (Å²) in [6.07, 6.45) is 0.110. The molecule has 6 heteroatoms. The summed E-state index contributed by atoms with van der Waals surface area (Å²) in [5.41, 5.74) is 1.20. The number of ether oxygens (including phenoxy) is 1. The molecule has 0 bridgehead atoms. The molecule has 0 aliphatic heterocycles. The molecule has 0 saturated carbocycles. The van der Waals surface area contributed by atoms with Gasteiger partial charge < -0.3 is 15.2 Å². The van der Waals surface area contributed by atoms with Gasteiger partial charge in [0.1, 0.15) is 5.75 Å². The van der Waals surface area contributed by atoms with E-state index in [9.17, 15) is 18.7 Å². The molecule has 0 saturated heterocycles. The van der Waals surface area contributed by atoms with Gasteiger partial charge in [0.25, 0.3) is 0 Å². The first-order valence-electron chi connectivity index (χ1n) is 7.05. The first-order chi connectivity index (χ1) is 11.0. The van der Waals surface area contributed by atoms with Gasteiger partial charge in [0, 0.05) is 17.7 Å². The number of hydrogen-bond donors (Lipinski definition) is 2. The molecular formula is C17H17F2NO3. The van der Waals surface area contributed by atoms with E-state index in [1.54, 1.807) is 18.2 Å². The number of hydrogen-bond acceptors (Lipinski definition) is 3. The van der Waals surface area contributed by atoms with Crippen LogP contribution in [0.25, 0.3) is 0 Å². The molecule has 122 valence electrons. The molecule has 0 fully saturated rings. The first kappa shape index (κ1) is 16.9. The monoisotopic (exact) mass is 321 g/mol. The number of carbonyl (C=O) groups is 1. The topological polar surface area (TPSA) is 58.6 Å². The van der Waals surface area contributed by atoms with E-state index in [0.29, 0.717) is 17.0 Å².